The Morgan fingerprint density at radius 1 is 1.27 bits per heavy atom. The quantitative estimate of drug-likeness (QED) is 0.607. The fraction of sp³-hybridized carbons (Fsp3) is 0.652. The number of hydrogen-bond donors (Lipinski definition) is 4. The van der Waals surface area contributed by atoms with Crippen LogP contribution in [0.25, 0.3) is 11.0 Å². The van der Waals surface area contributed by atoms with Crippen LogP contribution < -0.4 is 11.1 Å². The second-order valence-corrected chi connectivity index (χ2v) is 10.3. The van der Waals surface area contributed by atoms with Crippen molar-refractivity contribution >= 4 is 22.6 Å². The molecule has 5 N–H and O–H groups in total. The minimum Gasteiger partial charge on any atom is -0.390 e. The van der Waals surface area contributed by atoms with Crippen molar-refractivity contribution in [3.8, 4) is 0 Å². The molecule has 4 saturated carbocycles. The highest BCUT2D eigenvalue weighted by Crippen LogP contribution is 2.56. The number of primary amides is 1. The molecule has 30 heavy (non-hydrogen) atoms. The minimum atomic E-state index is -0.468. The van der Waals surface area contributed by atoms with Crippen LogP contribution in [0.5, 0.6) is 0 Å². The summed E-state index contributed by atoms with van der Waals surface area (Å²) in [5, 5.41) is 15.7. The first-order valence-corrected chi connectivity index (χ1v) is 11.5. The molecule has 2 aromatic rings. The molecule has 1 amide bonds. The number of amides is 1. The van der Waals surface area contributed by atoms with Crippen LogP contribution in [-0.2, 0) is 6.54 Å². The van der Waals surface area contributed by atoms with E-state index in [1.54, 1.807) is 6.20 Å². The molecule has 1 saturated heterocycles. The molecular formula is C23H31N5O2. The third-order valence-electron chi connectivity index (χ3n) is 8.19. The van der Waals surface area contributed by atoms with Gasteiger partial charge in [0.1, 0.15) is 5.65 Å². The Kier molecular flexibility index (Phi) is 4.15. The first-order valence-electron chi connectivity index (χ1n) is 11.5. The van der Waals surface area contributed by atoms with Crippen LogP contribution in [0.4, 0.5) is 5.69 Å². The molecule has 2 aromatic heterocycles. The number of likely N-dealkylation sites (tertiary alicyclic amines) is 1. The maximum atomic E-state index is 12.3. The lowest BCUT2D eigenvalue weighted by Crippen LogP contribution is -2.59. The van der Waals surface area contributed by atoms with Gasteiger partial charge in [0.05, 0.1) is 16.9 Å². The van der Waals surface area contributed by atoms with Gasteiger partial charge in [-0.3, -0.25) is 9.69 Å². The zero-order valence-corrected chi connectivity index (χ0v) is 17.4. The molecule has 0 spiro atoms. The number of carbonyl (C=O) groups is 1. The lowest BCUT2D eigenvalue weighted by Gasteiger charge is -2.58. The number of carbonyl (C=O) groups excluding carboxylic acids is 1. The summed E-state index contributed by atoms with van der Waals surface area (Å²) < 4.78 is 0. The highest BCUT2D eigenvalue weighted by atomic mass is 16.3. The van der Waals surface area contributed by atoms with Crippen molar-refractivity contribution in [3.05, 3.63) is 23.5 Å². The fourth-order valence-corrected chi connectivity index (χ4v) is 7.19. The number of H-pyrrole nitrogens is 1. The maximum absolute atomic E-state index is 12.3. The third-order valence-corrected chi connectivity index (χ3v) is 8.19. The summed E-state index contributed by atoms with van der Waals surface area (Å²) >= 11 is 0. The third kappa shape index (κ3) is 2.94. The van der Waals surface area contributed by atoms with Gasteiger partial charge in [0, 0.05) is 30.4 Å². The van der Waals surface area contributed by atoms with E-state index in [-0.39, 0.29) is 6.04 Å². The van der Waals surface area contributed by atoms with Crippen molar-refractivity contribution in [3.63, 3.8) is 0 Å². The molecule has 5 fully saturated rings. The van der Waals surface area contributed by atoms with Crippen LogP contribution in [0, 0.1) is 17.8 Å². The van der Waals surface area contributed by atoms with Crippen molar-refractivity contribution in [1.29, 1.82) is 0 Å². The maximum Gasteiger partial charge on any atom is 0.252 e. The summed E-state index contributed by atoms with van der Waals surface area (Å²) in [4.78, 5) is 22.6. The number of hydrogen-bond acceptors (Lipinski definition) is 5. The predicted molar refractivity (Wildman–Crippen MR) is 115 cm³/mol. The Morgan fingerprint density at radius 3 is 2.67 bits per heavy atom. The van der Waals surface area contributed by atoms with Crippen LogP contribution in [0.15, 0.2) is 12.4 Å². The normalized spacial score (nSPS) is 35.4. The fourth-order valence-electron chi connectivity index (χ4n) is 7.19. The molecule has 7 heteroatoms. The monoisotopic (exact) mass is 409 g/mol. The summed E-state index contributed by atoms with van der Waals surface area (Å²) in [5.41, 5.74) is 8.60. The SMILES string of the molecule is NC(=O)c1cnc2[nH]cc(CN3CCCC3)c2c1N[C@H]1[C@@H]2CC3C[C@H]1C[C@@](O)(C3)C2. The van der Waals surface area contributed by atoms with Crippen LogP contribution in [0.1, 0.15) is 60.9 Å². The van der Waals surface area contributed by atoms with Gasteiger partial charge in [0.2, 0.25) is 0 Å². The summed E-state index contributed by atoms with van der Waals surface area (Å²) in [5.74, 6) is 1.11. The molecule has 0 aromatic carbocycles. The first kappa shape index (κ1) is 18.6. The lowest BCUT2D eigenvalue weighted by molar-refractivity contribution is -0.129. The van der Waals surface area contributed by atoms with Gasteiger partial charge in [-0.25, -0.2) is 4.98 Å². The van der Waals surface area contributed by atoms with E-state index in [1.807, 2.05) is 6.20 Å². The van der Waals surface area contributed by atoms with Crippen molar-refractivity contribution in [2.45, 2.75) is 63.1 Å². The van der Waals surface area contributed by atoms with Crippen molar-refractivity contribution in [1.82, 2.24) is 14.9 Å². The van der Waals surface area contributed by atoms with E-state index in [9.17, 15) is 9.90 Å². The predicted octanol–water partition coefficient (Wildman–Crippen LogP) is 2.61. The molecule has 3 heterocycles. The first-order chi connectivity index (χ1) is 14.5. The number of nitrogens with two attached hydrogens (primary N) is 1. The number of nitrogens with one attached hydrogen (secondary N) is 2. The van der Waals surface area contributed by atoms with E-state index < -0.39 is 11.5 Å². The minimum absolute atomic E-state index is 0.278. The number of nitrogens with zero attached hydrogens (tertiary/aromatic N) is 2. The van der Waals surface area contributed by atoms with Crippen LogP contribution in [0.2, 0.25) is 0 Å². The largest absolute Gasteiger partial charge is 0.390 e. The summed E-state index contributed by atoms with van der Waals surface area (Å²) in [7, 11) is 0. The van der Waals surface area contributed by atoms with Gasteiger partial charge in [0.25, 0.3) is 5.91 Å². The molecule has 4 bridgehead atoms. The van der Waals surface area contributed by atoms with Gasteiger partial charge in [-0.05, 0) is 81.4 Å². The highest BCUT2D eigenvalue weighted by Gasteiger charge is 2.54. The molecule has 4 aliphatic carbocycles. The van der Waals surface area contributed by atoms with E-state index in [0.29, 0.717) is 23.3 Å². The molecule has 7 nitrogen and oxygen atoms in total. The Balaban J connectivity index is 1.39. The molecule has 5 atom stereocenters. The summed E-state index contributed by atoms with van der Waals surface area (Å²) in [6.45, 7) is 3.09. The van der Waals surface area contributed by atoms with Gasteiger partial charge in [-0.1, -0.05) is 0 Å². The Bertz CT molecular complexity index is 979. The van der Waals surface area contributed by atoms with Gasteiger partial charge < -0.3 is 21.1 Å². The van der Waals surface area contributed by atoms with Crippen molar-refractivity contribution in [2.75, 3.05) is 18.4 Å². The molecule has 1 unspecified atom stereocenters. The average molecular weight is 410 g/mol. The second-order valence-electron chi connectivity index (χ2n) is 10.3. The number of fused-ring (bicyclic) bond motifs is 1. The van der Waals surface area contributed by atoms with E-state index in [1.165, 1.54) is 31.2 Å². The van der Waals surface area contributed by atoms with Gasteiger partial charge >= 0.3 is 0 Å². The lowest BCUT2D eigenvalue weighted by atomic mass is 9.52. The molecular weight excluding hydrogens is 378 g/mol. The Labute approximate surface area is 176 Å². The molecule has 0 radical (unpaired) electrons. The molecule has 160 valence electrons. The number of rotatable bonds is 5. The second kappa shape index (κ2) is 6.69. The standard InChI is InChI=1S/C23H31N5O2/c24-21(29)17-11-26-22-18(16(10-25-22)12-28-3-1-2-4-28)20(17)27-19-14-5-13-6-15(19)9-23(30,7-13)8-14/h10-11,13-15,19,30H,1-9,12H2,(H2,24,29)(H2,25,26,27)/t13?,14-,15+,19+,23-. The van der Waals surface area contributed by atoms with E-state index in [2.05, 4.69) is 20.2 Å². The Hall–Kier alpha value is -2.12. The van der Waals surface area contributed by atoms with Crippen LogP contribution in [0.3, 0.4) is 0 Å². The van der Waals surface area contributed by atoms with Gasteiger partial charge in [0.15, 0.2) is 0 Å². The van der Waals surface area contributed by atoms with Crippen molar-refractivity contribution in [2.24, 2.45) is 23.5 Å². The number of aromatic nitrogens is 2. The smallest absolute Gasteiger partial charge is 0.252 e. The topological polar surface area (TPSA) is 107 Å². The summed E-state index contributed by atoms with van der Waals surface area (Å²) in [6.07, 6.45) is 11.2. The van der Waals surface area contributed by atoms with Gasteiger partial charge in [-0.2, -0.15) is 0 Å². The molecule has 5 aliphatic rings. The van der Waals surface area contributed by atoms with Gasteiger partial charge in [-0.15, -0.1) is 0 Å². The summed E-state index contributed by atoms with van der Waals surface area (Å²) in [6, 6.07) is 0.278. The molecule has 1 aliphatic heterocycles. The number of aliphatic hydroxyl groups is 1. The van der Waals surface area contributed by atoms with E-state index in [0.717, 1.165) is 55.6 Å². The Morgan fingerprint density at radius 2 is 2.00 bits per heavy atom. The number of anilines is 1. The zero-order valence-electron chi connectivity index (χ0n) is 17.4. The number of aromatic amines is 1. The van der Waals surface area contributed by atoms with Crippen LogP contribution in [-0.4, -0.2) is 50.6 Å². The number of pyridine rings is 1. The highest BCUT2D eigenvalue weighted by molar-refractivity contribution is 6.07. The van der Waals surface area contributed by atoms with Crippen molar-refractivity contribution < 1.29 is 9.90 Å². The average Bonchev–Trinajstić information content (AvgIpc) is 3.34. The van der Waals surface area contributed by atoms with E-state index in [4.69, 9.17) is 5.73 Å². The van der Waals surface area contributed by atoms with Crippen LogP contribution >= 0.6 is 0 Å². The molecule has 7 rings (SSSR count). The zero-order chi connectivity index (χ0) is 20.5. The van der Waals surface area contributed by atoms with E-state index >= 15 is 0 Å².